The van der Waals surface area contributed by atoms with Gasteiger partial charge in [0.2, 0.25) is 0 Å². The van der Waals surface area contributed by atoms with Crippen molar-refractivity contribution in [1.29, 1.82) is 0 Å². The number of hydrogen-bond acceptors (Lipinski definition) is 0. The first-order valence-corrected chi connectivity index (χ1v) is 4.62. The SMILES string of the molecule is C=CC(C)CCCCBr. The Labute approximate surface area is 66.5 Å². The highest BCUT2D eigenvalue weighted by Gasteiger charge is 1.93. The molecular formula is C8H15Br. The second-order valence-corrected chi connectivity index (χ2v) is 3.19. The van der Waals surface area contributed by atoms with Crippen molar-refractivity contribution in [3.8, 4) is 0 Å². The van der Waals surface area contributed by atoms with Gasteiger partial charge in [0.1, 0.15) is 0 Å². The zero-order chi connectivity index (χ0) is 7.11. The average Bonchev–Trinajstić information content (AvgIpc) is 1.89. The average molecular weight is 191 g/mol. The van der Waals surface area contributed by atoms with E-state index < -0.39 is 0 Å². The highest BCUT2D eigenvalue weighted by Crippen LogP contribution is 2.08. The van der Waals surface area contributed by atoms with E-state index in [4.69, 9.17) is 0 Å². The number of alkyl halides is 1. The summed E-state index contributed by atoms with van der Waals surface area (Å²) >= 11 is 3.40. The van der Waals surface area contributed by atoms with Crippen molar-refractivity contribution >= 4 is 15.9 Å². The molecule has 0 aromatic rings. The summed E-state index contributed by atoms with van der Waals surface area (Å²) in [5.74, 6) is 0.698. The van der Waals surface area contributed by atoms with E-state index in [9.17, 15) is 0 Å². The summed E-state index contributed by atoms with van der Waals surface area (Å²) in [5.41, 5.74) is 0. The molecule has 0 fully saturated rings. The van der Waals surface area contributed by atoms with Crippen molar-refractivity contribution in [3.05, 3.63) is 12.7 Å². The van der Waals surface area contributed by atoms with Crippen molar-refractivity contribution in [2.75, 3.05) is 5.33 Å². The van der Waals surface area contributed by atoms with Crippen LogP contribution in [0.1, 0.15) is 26.2 Å². The van der Waals surface area contributed by atoms with E-state index in [1.165, 1.54) is 19.3 Å². The lowest BCUT2D eigenvalue weighted by Gasteiger charge is -2.02. The van der Waals surface area contributed by atoms with Crippen molar-refractivity contribution in [2.24, 2.45) is 5.92 Å². The Kier molecular flexibility index (Phi) is 6.50. The molecule has 0 spiro atoms. The summed E-state index contributed by atoms with van der Waals surface area (Å²) in [7, 11) is 0. The topological polar surface area (TPSA) is 0 Å². The maximum absolute atomic E-state index is 3.73. The predicted molar refractivity (Wildman–Crippen MR) is 47.0 cm³/mol. The number of halogens is 1. The first kappa shape index (κ1) is 9.22. The van der Waals surface area contributed by atoms with Gasteiger partial charge in [0.15, 0.2) is 0 Å². The smallest absolute Gasteiger partial charge is 0.00313 e. The molecule has 0 aliphatic rings. The van der Waals surface area contributed by atoms with E-state index in [1.54, 1.807) is 0 Å². The molecule has 0 aromatic heterocycles. The molecule has 0 aromatic carbocycles. The highest BCUT2D eigenvalue weighted by molar-refractivity contribution is 9.09. The Morgan fingerprint density at radius 1 is 1.56 bits per heavy atom. The normalized spacial score (nSPS) is 13.1. The minimum atomic E-state index is 0.698. The summed E-state index contributed by atoms with van der Waals surface area (Å²) in [6.45, 7) is 5.94. The third-order valence-corrected chi connectivity index (χ3v) is 2.01. The van der Waals surface area contributed by atoms with Crippen LogP contribution in [0.2, 0.25) is 0 Å². The van der Waals surface area contributed by atoms with Gasteiger partial charge < -0.3 is 0 Å². The van der Waals surface area contributed by atoms with Crippen LogP contribution in [-0.2, 0) is 0 Å². The number of rotatable bonds is 5. The van der Waals surface area contributed by atoms with Gasteiger partial charge in [0, 0.05) is 5.33 Å². The third kappa shape index (κ3) is 6.10. The van der Waals surface area contributed by atoms with E-state index in [0.717, 1.165) is 5.33 Å². The fourth-order valence-electron chi connectivity index (χ4n) is 0.679. The molecule has 54 valence electrons. The first-order chi connectivity index (χ1) is 4.31. The fourth-order valence-corrected chi connectivity index (χ4v) is 1.08. The lowest BCUT2D eigenvalue weighted by atomic mass is 10.1. The van der Waals surface area contributed by atoms with E-state index >= 15 is 0 Å². The molecule has 0 rings (SSSR count). The molecule has 0 heterocycles. The molecule has 0 amide bonds. The molecule has 1 heteroatoms. The second kappa shape index (κ2) is 6.34. The van der Waals surface area contributed by atoms with Crippen molar-refractivity contribution in [1.82, 2.24) is 0 Å². The van der Waals surface area contributed by atoms with Gasteiger partial charge in [0.05, 0.1) is 0 Å². The molecule has 0 saturated heterocycles. The molecule has 1 atom stereocenters. The highest BCUT2D eigenvalue weighted by atomic mass is 79.9. The van der Waals surface area contributed by atoms with E-state index in [1.807, 2.05) is 6.08 Å². The van der Waals surface area contributed by atoms with Gasteiger partial charge in [-0.2, -0.15) is 0 Å². The fraction of sp³-hybridized carbons (Fsp3) is 0.750. The van der Waals surface area contributed by atoms with E-state index in [0.29, 0.717) is 5.92 Å². The van der Waals surface area contributed by atoms with Crippen molar-refractivity contribution < 1.29 is 0 Å². The minimum absolute atomic E-state index is 0.698. The summed E-state index contributed by atoms with van der Waals surface area (Å²) < 4.78 is 0. The molecule has 0 radical (unpaired) electrons. The van der Waals surface area contributed by atoms with Crippen LogP contribution in [0, 0.1) is 5.92 Å². The number of allylic oxidation sites excluding steroid dienone is 1. The largest absolute Gasteiger partial charge is 0.103 e. The molecule has 0 aliphatic carbocycles. The Morgan fingerprint density at radius 2 is 2.22 bits per heavy atom. The van der Waals surface area contributed by atoms with Gasteiger partial charge in [-0.15, -0.1) is 6.58 Å². The molecule has 1 unspecified atom stereocenters. The summed E-state index contributed by atoms with van der Waals surface area (Å²) in [6.07, 6.45) is 5.92. The molecule has 9 heavy (non-hydrogen) atoms. The van der Waals surface area contributed by atoms with Crippen LogP contribution in [0.15, 0.2) is 12.7 Å². The summed E-state index contributed by atoms with van der Waals surface area (Å²) in [5, 5.41) is 1.14. The molecule has 0 nitrogen and oxygen atoms in total. The van der Waals surface area contributed by atoms with Crippen LogP contribution in [0.3, 0.4) is 0 Å². The van der Waals surface area contributed by atoms with Crippen LogP contribution in [0.4, 0.5) is 0 Å². The van der Waals surface area contributed by atoms with Crippen LogP contribution in [-0.4, -0.2) is 5.33 Å². The molecule has 0 aliphatic heterocycles. The van der Waals surface area contributed by atoms with E-state index in [-0.39, 0.29) is 0 Å². The second-order valence-electron chi connectivity index (χ2n) is 2.40. The van der Waals surface area contributed by atoms with Crippen molar-refractivity contribution in [2.45, 2.75) is 26.2 Å². The number of hydrogen-bond donors (Lipinski definition) is 0. The quantitative estimate of drug-likeness (QED) is 0.355. The molecular weight excluding hydrogens is 176 g/mol. The van der Waals surface area contributed by atoms with Crippen molar-refractivity contribution in [3.63, 3.8) is 0 Å². The molecule has 0 N–H and O–H groups in total. The Hall–Kier alpha value is 0.220. The zero-order valence-electron chi connectivity index (χ0n) is 6.07. The van der Waals surface area contributed by atoms with Gasteiger partial charge in [-0.25, -0.2) is 0 Å². The van der Waals surface area contributed by atoms with Gasteiger partial charge in [0.25, 0.3) is 0 Å². The van der Waals surface area contributed by atoms with Crippen LogP contribution < -0.4 is 0 Å². The lowest BCUT2D eigenvalue weighted by Crippen LogP contribution is -1.88. The van der Waals surface area contributed by atoms with Crippen LogP contribution in [0.25, 0.3) is 0 Å². The van der Waals surface area contributed by atoms with Gasteiger partial charge in [-0.1, -0.05) is 35.4 Å². The third-order valence-electron chi connectivity index (χ3n) is 1.45. The van der Waals surface area contributed by atoms with Gasteiger partial charge in [-0.3, -0.25) is 0 Å². The zero-order valence-corrected chi connectivity index (χ0v) is 7.65. The Balaban J connectivity index is 2.96. The van der Waals surface area contributed by atoms with Crippen LogP contribution in [0.5, 0.6) is 0 Å². The Morgan fingerprint density at radius 3 is 2.67 bits per heavy atom. The molecule has 0 saturated carbocycles. The van der Waals surface area contributed by atoms with Gasteiger partial charge >= 0.3 is 0 Å². The van der Waals surface area contributed by atoms with Crippen LogP contribution >= 0.6 is 15.9 Å². The maximum atomic E-state index is 3.73. The molecule has 0 bridgehead atoms. The standard InChI is InChI=1S/C8H15Br/c1-3-8(2)6-4-5-7-9/h3,8H,1,4-7H2,2H3. The lowest BCUT2D eigenvalue weighted by molar-refractivity contribution is 0.602. The number of unbranched alkanes of at least 4 members (excludes halogenated alkanes) is 1. The monoisotopic (exact) mass is 190 g/mol. The first-order valence-electron chi connectivity index (χ1n) is 3.49. The van der Waals surface area contributed by atoms with Gasteiger partial charge in [-0.05, 0) is 18.8 Å². The predicted octanol–water partition coefficient (Wildman–Crippen LogP) is 3.37. The van der Waals surface area contributed by atoms with E-state index in [2.05, 4.69) is 29.4 Å². The Bertz CT molecular complexity index is 69.0. The maximum Gasteiger partial charge on any atom is 0.00313 e. The summed E-state index contributed by atoms with van der Waals surface area (Å²) in [4.78, 5) is 0. The minimum Gasteiger partial charge on any atom is -0.103 e. The summed E-state index contributed by atoms with van der Waals surface area (Å²) in [6, 6.07) is 0.